The molecule has 0 bridgehead atoms. The fraction of sp³-hybridized carbons (Fsp3) is 0.182. The van der Waals surface area contributed by atoms with Gasteiger partial charge in [-0.1, -0.05) is 30.3 Å². The standard InChI is InChI=1S/C11H10N2O2S/c1-7(14)13-9(10(15)12-11(13)16)8-5-3-2-4-6-8/h2-6,9H,1H3,(H,12,15,16). The summed E-state index contributed by atoms with van der Waals surface area (Å²) in [7, 11) is 0. The van der Waals surface area contributed by atoms with Crippen LogP contribution in [-0.2, 0) is 9.59 Å². The molecular weight excluding hydrogens is 224 g/mol. The van der Waals surface area contributed by atoms with Crippen molar-refractivity contribution in [3.05, 3.63) is 35.9 Å². The van der Waals surface area contributed by atoms with E-state index in [9.17, 15) is 9.59 Å². The predicted molar refractivity (Wildman–Crippen MR) is 62.4 cm³/mol. The second-order valence-corrected chi connectivity index (χ2v) is 3.88. The van der Waals surface area contributed by atoms with Crippen LogP contribution in [0, 0.1) is 0 Å². The van der Waals surface area contributed by atoms with E-state index in [0.29, 0.717) is 0 Å². The smallest absolute Gasteiger partial charge is 0.254 e. The lowest BCUT2D eigenvalue weighted by Gasteiger charge is -2.19. The van der Waals surface area contributed by atoms with Crippen LogP contribution in [0.4, 0.5) is 0 Å². The molecule has 0 saturated carbocycles. The van der Waals surface area contributed by atoms with Crippen molar-refractivity contribution < 1.29 is 9.59 Å². The summed E-state index contributed by atoms with van der Waals surface area (Å²) in [4.78, 5) is 24.4. The molecule has 2 rings (SSSR count). The Morgan fingerprint density at radius 2 is 2.00 bits per heavy atom. The summed E-state index contributed by atoms with van der Waals surface area (Å²) in [5.41, 5.74) is 0.759. The molecule has 1 atom stereocenters. The lowest BCUT2D eigenvalue weighted by molar-refractivity contribution is -0.131. The van der Waals surface area contributed by atoms with E-state index in [0.717, 1.165) is 5.56 Å². The minimum absolute atomic E-state index is 0.173. The molecule has 1 N–H and O–H groups in total. The molecule has 1 heterocycles. The number of hydrogen-bond acceptors (Lipinski definition) is 3. The zero-order chi connectivity index (χ0) is 11.7. The highest BCUT2D eigenvalue weighted by Crippen LogP contribution is 2.25. The van der Waals surface area contributed by atoms with Crippen LogP contribution in [-0.4, -0.2) is 21.8 Å². The third kappa shape index (κ3) is 1.69. The molecule has 1 aromatic carbocycles. The first-order valence-electron chi connectivity index (χ1n) is 4.81. The second kappa shape index (κ2) is 4.02. The quantitative estimate of drug-likeness (QED) is 0.737. The largest absolute Gasteiger partial charge is 0.301 e. The van der Waals surface area contributed by atoms with E-state index in [1.807, 2.05) is 18.2 Å². The number of amides is 2. The third-order valence-corrected chi connectivity index (χ3v) is 2.71. The van der Waals surface area contributed by atoms with Crippen LogP contribution in [0.15, 0.2) is 30.3 Å². The van der Waals surface area contributed by atoms with Gasteiger partial charge in [-0.15, -0.1) is 0 Å². The van der Waals surface area contributed by atoms with E-state index in [2.05, 4.69) is 5.32 Å². The predicted octanol–water partition coefficient (Wildman–Crippen LogP) is 0.991. The van der Waals surface area contributed by atoms with Gasteiger partial charge in [-0.2, -0.15) is 0 Å². The lowest BCUT2D eigenvalue weighted by Crippen LogP contribution is -2.33. The average molecular weight is 234 g/mol. The molecule has 4 nitrogen and oxygen atoms in total. The van der Waals surface area contributed by atoms with Crippen molar-refractivity contribution in [3.63, 3.8) is 0 Å². The summed E-state index contributed by atoms with van der Waals surface area (Å²) >= 11 is 4.94. The molecule has 1 aliphatic rings. The van der Waals surface area contributed by atoms with E-state index >= 15 is 0 Å². The summed E-state index contributed by atoms with van der Waals surface area (Å²) in [6, 6.07) is 8.46. The minimum atomic E-state index is -0.633. The normalized spacial score (nSPS) is 19.8. The van der Waals surface area contributed by atoms with Crippen LogP contribution in [0.5, 0.6) is 0 Å². The maximum atomic E-state index is 11.7. The highest BCUT2D eigenvalue weighted by Gasteiger charge is 2.39. The molecule has 0 radical (unpaired) electrons. The van der Waals surface area contributed by atoms with Crippen LogP contribution < -0.4 is 5.32 Å². The summed E-state index contributed by atoms with van der Waals surface area (Å²) in [6.45, 7) is 1.39. The van der Waals surface area contributed by atoms with E-state index in [-0.39, 0.29) is 16.9 Å². The molecule has 1 aromatic rings. The molecule has 1 saturated heterocycles. The maximum Gasteiger partial charge on any atom is 0.254 e. The number of nitrogens with one attached hydrogen (secondary N) is 1. The third-order valence-electron chi connectivity index (χ3n) is 2.41. The van der Waals surface area contributed by atoms with Gasteiger partial charge in [-0.3, -0.25) is 14.5 Å². The zero-order valence-corrected chi connectivity index (χ0v) is 9.45. The SMILES string of the molecule is CC(=O)N1C(=S)NC(=O)C1c1ccccc1. The number of rotatable bonds is 1. The van der Waals surface area contributed by atoms with E-state index in [1.54, 1.807) is 12.1 Å². The Bertz CT molecular complexity index is 458. The highest BCUT2D eigenvalue weighted by molar-refractivity contribution is 7.80. The molecule has 1 aliphatic heterocycles. The molecule has 1 fully saturated rings. The van der Waals surface area contributed by atoms with Gasteiger partial charge in [0.05, 0.1) is 0 Å². The van der Waals surface area contributed by atoms with Gasteiger partial charge in [-0.25, -0.2) is 0 Å². The molecule has 82 valence electrons. The van der Waals surface area contributed by atoms with Crippen LogP contribution in [0.2, 0.25) is 0 Å². The Hall–Kier alpha value is -1.75. The van der Waals surface area contributed by atoms with E-state index in [1.165, 1.54) is 11.8 Å². The second-order valence-electron chi connectivity index (χ2n) is 3.50. The van der Waals surface area contributed by atoms with Crippen molar-refractivity contribution in [2.75, 3.05) is 0 Å². The van der Waals surface area contributed by atoms with Crippen LogP contribution in [0.1, 0.15) is 18.5 Å². The molecule has 16 heavy (non-hydrogen) atoms. The van der Waals surface area contributed by atoms with Gasteiger partial charge in [0, 0.05) is 6.92 Å². The van der Waals surface area contributed by atoms with Crippen molar-refractivity contribution in [2.45, 2.75) is 13.0 Å². The van der Waals surface area contributed by atoms with Gasteiger partial charge < -0.3 is 5.32 Å². The molecular formula is C11H10N2O2S. The Labute approximate surface area is 98.2 Å². The Morgan fingerprint density at radius 3 is 2.56 bits per heavy atom. The maximum absolute atomic E-state index is 11.7. The Morgan fingerprint density at radius 1 is 1.38 bits per heavy atom. The summed E-state index contributed by atoms with van der Waals surface area (Å²) in [5, 5.41) is 2.67. The Kier molecular flexibility index (Phi) is 2.70. The van der Waals surface area contributed by atoms with E-state index in [4.69, 9.17) is 12.2 Å². The van der Waals surface area contributed by atoms with Crippen molar-refractivity contribution in [2.24, 2.45) is 0 Å². The number of benzene rings is 1. The minimum Gasteiger partial charge on any atom is -0.301 e. The van der Waals surface area contributed by atoms with Gasteiger partial charge >= 0.3 is 0 Å². The monoisotopic (exact) mass is 234 g/mol. The summed E-state index contributed by atoms with van der Waals surface area (Å²) in [5.74, 6) is -0.497. The van der Waals surface area contributed by atoms with Crippen molar-refractivity contribution >= 4 is 29.1 Å². The molecule has 1 unspecified atom stereocenters. The average Bonchev–Trinajstić information content (AvgIpc) is 2.55. The molecule has 2 amide bonds. The fourth-order valence-corrected chi connectivity index (χ4v) is 2.06. The van der Waals surface area contributed by atoms with Crippen LogP contribution in [0.3, 0.4) is 0 Å². The first-order valence-corrected chi connectivity index (χ1v) is 5.21. The topological polar surface area (TPSA) is 49.4 Å². The van der Waals surface area contributed by atoms with Crippen molar-refractivity contribution in [1.82, 2.24) is 10.2 Å². The lowest BCUT2D eigenvalue weighted by atomic mass is 10.1. The van der Waals surface area contributed by atoms with Gasteiger partial charge in [0.2, 0.25) is 5.91 Å². The van der Waals surface area contributed by atoms with Gasteiger partial charge in [-0.05, 0) is 17.8 Å². The first kappa shape index (κ1) is 10.8. The number of carbonyl (C=O) groups excluding carboxylic acids is 2. The van der Waals surface area contributed by atoms with Crippen LogP contribution >= 0.6 is 12.2 Å². The van der Waals surface area contributed by atoms with Crippen LogP contribution in [0.25, 0.3) is 0 Å². The van der Waals surface area contributed by atoms with Crippen molar-refractivity contribution in [1.29, 1.82) is 0 Å². The van der Waals surface area contributed by atoms with Gasteiger partial charge in [0.15, 0.2) is 5.11 Å². The summed E-state index contributed by atoms with van der Waals surface area (Å²) < 4.78 is 0. The number of nitrogens with zero attached hydrogens (tertiary/aromatic N) is 1. The number of thiocarbonyl (C=S) groups is 1. The first-order chi connectivity index (χ1) is 7.61. The van der Waals surface area contributed by atoms with E-state index < -0.39 is 6.04 Å². The van der Waals surface area contributed by atoms with Crippen molar-refractivity contribution in [3.8, 4) is 0 Å². The number of carbonyl (C=O) groups is 2. The van der Waals surface area contributed by atoms with Gasteiger partial charge in [0.1, 0.15) is 6.04 Å². The molecule has 5 heteroatoms. The summed E-state index contributed by atoms with van der Waals surface area (Å²) in [6.07, 6.45) is 0. The van der Waals surface area contributed by atoms with Gasteiger partial charge in [0.25, 0.3) is 5.91 Å². The Balaban J connectivity index is 2.42. The molecule has 0 aromatic heterocycles. The zero-order valence-electron chi connectivity index (χ0n) is 8.64. The molecule has 0 aliphatic carbocycles. The highest BCUT2D eigenvalue weighted by atomic mass is 32.1. The fourth-order valence-electron chi connectivity index (χ4n) is 1.73. The molecule has 0 spiro atoms. The number of hydrogen-bond donors (Lipinski definition) is 1.